The lowest BCUT2D eigenvalue weighted by atomic mass is 9.95. The summed E-state index contributed by atoms with van der Waals surface area (Å²) in [6, 6.07) is 9.05. The number of hydrogen-bond acceptors (Lipinski definition) is 3. The highest BCUT2D eigenvalue weighted by Crippen LogP contribution is 2.36. The Morgan fingerprint density at radius 1 is 1.38 bits per heavy atom. The van der Waals surface area contributed by atoms with Gasteiger partial charge in [-0.3, -0.25) is 9.59 Å². The van der Waals surface area contributed by atoms with Gasteiger partial charge in [0.05, 0.1) is 23.5 Å². The Hall–Kier alpha value is -2.35. The summed E-state index contributed by atoms with van der Waals surface area (Å²) < 4.78 is 0. The van der Waals surface area contributed by atoms with Crippen LogP contribution in [0.2, 0.25) is 0 Å². The molecule has 1 amide bonds. The van der Waals surface area contributed by atoms with Crippen LogP contribution in [-0.2, 0) is 16.1 Å². The van der Waals surface area contributed by atoms with Gasteiger partial charge in [-0.15, -0.1) is 0 Å². The normalized spacial score (nSPS) is 24.3. The Morgan fingerprint density at radius 2 is 2.10 bits per heavy atom. The minimum Gasteiger partial charge on any atom is -0.481 e. The van der Waals surface area contributed by atoms with Crippen molar-refractivity contribution in [2.75, 3.05) is 0 Å². The van der Waals surface area contributed by atoms with Crippen LogP contribution in [0.15, 0.2) is 24.3 Å². The number of hydrogen-bond donors (Lipinski definition) is 2. The summed E-state index contributed by atoms with van der Waals surface area (Å²) in [6.45, 7) is 2.28. The fraction of sp³-hybridized carbons (Fsp3) is 0.438. The second-order valence-corrected chi connectivity index (χ2v) is 5.66. The number of rotatable bonds is 4. The van der Waals surface area contributed by atoms with Crippen LogP contribution in [-0.4, -0.2) is 17.0 Å². The summed E-state index contributed by atoms with van der Waals surface area (Å²) in [5.41, 5.74) is 1.37. The van der Waals surface area contributed by atoms with E-state index in [0.717, 1.165) is 5.56 Å². The summed E-state index contributed by atoms with van der Waals surface area (Å²) in [7, 11) is 0. The monoisotopic (exact) mass is 286 g/mol. The van der Waals surface area contributed by atoms with Gasteiger partial charge >= 0.3 is 5.97 Å². The van der Waals surface area contributed by atoms with E-state index in [4.69, 9.17) is 5.26 Å². The molecule has 0 saturated heterocycles. The number of amides is 1. The lowest BCUT2D eigenvalue weighted by molar-refractivity contribution is -0.146. The first-order chi connectivity index (χ1) is 10.0. The molecule has 1 aliphatic carbocycles. The molecule has 21 heavy (non-hydrogen) atoms. The second-order valence-electron chi connectivity index (χ2n) is 5.66. The highest BCUT2D eigenvalue weighted by atomic mass is 16.4. The number of nitriles is 1. The summed E-state index contributed by atoms with van der Waals surface area (Å²) in [4.78, 5) is 23.4. The standard InChI is InChI=1S/C16H18N2O3/c1-10-5-13(14(6-10)16(20)21)15(19)18-9-12-4-2-3-11(7-12)8-17/h2-4,7,10,13-14H,5-6,9H2,1H3,(H,18,19)(H,20,21). The average molecular weight is 286 g/mol. The van der Waals surface area contributed by atoms with Crippen molar-refractivity contribution in [1.82, 2.24) is 5.32 Å². The van der Waals surface area contributed by atoms with E-state index < -0.39 is 17.8 Å². The maximum absolute atomic E-state index is 12.2. The SMILES string of the molecule is CC1CC(C(=O)O)C(C(=O)NCc2cccc(C#N)c2)C1. The fourth-order valence-electron chi connectivity index (χ4n) is 2.93. The van der Waals surface area contributed by atoms with E-state index in [1.54, 1.807) is 18.2 Å². The Balaban J connectivity index is 1.98. The third-order valence-electron chi connectivity index (χ3n) is 3.98. The van der Waals surface area contributed by atoms with Crippen molar-refractivity contribution in [3.05, 3.63) is 35.4 Å². The molecule has 0 heterocycles. The highest BCUT2D eigenvalue weighted by Gasteiger charge is 2.40. The first-order valence-electron chi connectivity index (χ1n) is 7.00. The van der Waals surface area contributed by atoms with Gasteiger partial charge in [-0.25, -0.2) is 0 Å². The van der Waals surface area contributed by atoms with E-state index in [1.165, 1.54) is 0 Å². The third kappa shape index (κ3) is 3.60. The van der Waals surface area contributed by atoms with Crippen LogP contribution < -0.4 is 5.32 Å². The van der Waals surface area contributed by atoms with Crippen LogP contribution in [0.3, 0.4) is 0 Å². The Bertz CT molecular complexity index is 591. The summed E-state index contributed by atoms with van der Waals surface area (Å²) in [6.07, 6.45) is 1.17. The molecule has 0 bridgehead atoms. The topological polar surface area (TPSA) is 90.2 Å². The van der Waals surface area contributed by atoms with Crippen LogP contribution in [0.1, 0.15) is 30.9 Å². The fourth-order valence-corrected chi connectivity index (χ4v) is 2.93. The maximum atomic E-state index is 12.2. The number of aliphatic carboxylic acids is 1. The molecule has 110 valence electrons. The molecule has 1 aromatic carbocycles. The summed E-state index contributed by atoms with van der Waals surface area (Å²) in [5.74, 6) is -1.91. The smallest absolute Gasteiger partial charge is 0.307 e. The van der Waals surface area contributed by atoms with Crippen molar-refractivity contribution in [2.24, 2.45) is 17.8 Å². The average Bonchev–Trinajstić information content (AvgIpc) is 2.87. The molecule has 1 saturated carbocycles. The van der Waals surface area contributed by atoms with Gasteiger partial charge in [0.25, 0.3) is 0 Å². The van der Waals surface area contributed by atoms with Crippen LogP contribution in [0.5, 0.6) is 0 Å². The lowest BCUT2D eigenvalue weighted by Gasteiger charge is -2.15. The van der Waals surface area contributed by atoms with Crippen LogP contribution in [0, 0.1) is 29.1 Å². The molecule has 5 nitrogen and oxygen atoms in total. The zero-order chi connectivity index (χ0) is 15.4. The molecule has 2 N–H and O–H groups in total. The van der Waals surface area contributed by atoms with Gasteiger partial charge in [0.1, 0.15) is 0 Å². The van der Waals surface area contributed by atoms with Crippen LogP contribution in [0.25, 0.3) is 0 Å². The van der Waals surface area contributed by atoms with E-state index in [0.29, 0.717) is 24.9 Å². The van der Waals surface area contributed by atoms with Crippen molar-refractivity contribution in [1.29, 1.82) is 5.26 Å². The van der Waals surface area contributed by atoms with Crippen LogP contribution in [0.4, 0.5) is 0 Å². The van der Waals surface area contributed by atoms with Crippen molar-refractivity contribution in [2.45, 2.75) is 26.3 Å². The van der Waals surface area contributed by atoms with Gasteiger partial charge in [-0.1, -0.05) is 19.1 Å². The van der Waals surface area contributed by atoms with Gasteiger partial charge in [0.15, 0.2) is 0 Å². The number of carbonyl (C=O) groups excluding carboxylic acids is 1. The zero-order valence-electron chi connectivity index (χ0n) is 11.9. The Labute approximate surface area is 123 Å². The largest absolute Gasteiger partial charge is 0.481 e. The summed E-state index contributed by atoms with van der Waals surface area (Å²) >= 11 is 0. The predicted octanol–water partition coefficient (Wildman–Crippen LogP) is 1.92. The van der Waals surface area contributed by atoms with E-state index in [-0.39, 0.29) is 11.8 Å². The van der Waals surface area contributed by atoms with Gasteiger partial charge in [0.2, 0.25) is 5.91 Å². The van der Waals surface area contributed by atoms with Crippen LogP contribution >= 0.6 is 0 Å². The number of carbonyl (C=O) groups is 2. The molecular weight excluding hydrogens is 268 g/mol. The molecule has 3 atom stereocenters. The first kappa shape index (κ1) is 15.0. The summed E-state index contributed by atoms with van der Waals surface area (Å²) in [5, 5.41) is 20.8. The highest BCUT2D eigenvalue weighted by molar-refractivity contribution is 5.85. The number of nitrogens with one attached hydrogen (secondary N) is 1. The molecule has 1 fully saturated rings. The van der Waals surface area contributed by atoms with E-state index in [2.05, 4.69) is 5.32 Å². The Kier molecular flexibility index (Phi) is 4.59. The lowest BCUT2D eigenvalue weighted by Crippen LogP contribution is -2.34. The molecule has 3 unspecified atom stereocenters. The molecule has 1 aliphatic rings. The van der Waals surface area contributed by atoms with Gasteiger partial charge in [-0.05, 0) is 36.5 Å². The quantitative estimate of drug-likeness (QED) is 0.884. The maximum Gasteiger partial charge on any atom is 0.307 e. The minimum absolute atomic E-state index is 0.214. The number of nitrogens with zero attached hydrogens (tertiary/aromatic N) is 1. The molecule has 0 aromatic heterocycles. The van der Waals surface area contributed by atoms with Crippen molar-refractivity contribution >= 4 is 11.9 Å². The van der Waals surface area contributed by atoms with Crippen molar-refractivity contribution in [3.8, 4) is 6.07 Å². The van der Waals surface area contributed by atoms with Crippen molar-refractivity contribution in [3.63, 3.8) is 0 Å². The van der Waals surface area contributed by atoms with E-state index in [1.807, 2.05) is 19.1 Å². The Morgan fingerprint density at radius 3 is 2.76 bits per heavy atom. The second kappa shape index (κ2) is 6.40. The molecule has 5 heteroatoms. The molecule has 0 aliphatic heterocycles. The molecular formula is C16H18N2O3. The number of carboxylic acids is 1. The predicted molar refractivity (Wildman–Crippen MR) is 76.0 cm³/mol. The number of benzene rings is 1. The first-order valence-corrected chi connectivity index (χ1v) is 7.00. The molecule has 0 radical (unpaired) electrons. The third-order valence-corrected chi connectivity index (χ3v) is 3.98. The van der Waals surface area contributed by atoms with Crippen molar-refractivity contribution < 1.29 is 14.7 Å². The molecule has 2 rings (SSSR count). The molecule has 1 aromatic rings. The van der Waals surface area contributed by atoms with Gasteiger partial charge in [-0.2, -0.15) is 5.26 Å². The zero-order valence-corrected chi connectivity index (χ0v) is 11.9. The number of carboxylic acid groups (broad SMARTS) is 1. The van der Waals surface area contributed by atoms with Gasteiger partial charge < -0.3 is 10.4 Å². The minimum atomic E-state index is -0.897. The van der Waals surface area contributed by atoms with E-state index in [9.17, 15) is 14.7 Å². The molecule has 0 spiro atoms. The van der Waals surface area contributed by atoms with Gasteiger partial charge in [0, 0.05) is 6.54 Å². The van der Waals surface area contributed by atoms with E-state index >= 15 is 0 Å².